The van der Waals surface area contributed by atoms with E-state index >= 15 is 0 Å². The molecular formula is C13H25N3S. The summed E-state index contributed by atoms with van der Waals surface area (Å²) in [6.07, 6.45) is 1.08. The van der Waals surface area contributed by atoms with E-state index < -0.39 is 0 Å². The average Bonchev–Trinajstić information content (AvgIpc) is 2.66. The van der Waals surface area contributed by atoms with Gasteiger partial charge in [0.2, 0.25) is 0 Å². The molecule has 0 bridgehead atoms. The number of aromatic nitrogens is 2. The number of hydrogen-bond donors (Lipinski definition) is 1. The maximum absolute atomic E-state index is 4.50. The number of nitrogens with one attached hydrogen (secondary N) is 1. The Hall–Kier alpha value is -0.480. The maximum Gasteiger partial charge on any atom is 0.0596 e. The predicted octanol–water partition coefficient (Wildman–Crippen LogP) is 2.49. The van der Waals surface area contributed by atoms with E-state index in [9.17, 15) is 0 Å². The third kappa shape index (κ3) is 4.72. The Labute approximate surface area is 109 Å². The van der Waals surface area contributed by atoms with Crippen LogP contribution in [0.15, 0.2) is 6.07 Å². The molecule has 0 saturated heterocycles. The van der Waals surface area contributed by atoms with Crippen molar-refractivity contribution in [3.05, 3.63) is 17.5 Å². The van der Waals surface area contributed by atoms with Crippen molar-refractivity contribution >= 4 is 11.8 Å². The molecule has 0 aliphatic heterocycles. The molecular weight excluding hydrogens is 230 g/mol. The van der Waals surface area contributed by atoms with Crippen LogP contribution in [0, 0.1) is 6.92 Å². The van der Waals surface area contributed by atoms with Gasteiger partial charge in [-0.25, -0.2) is 0 Å². The van der Waals surface area contributed by atoms with Crippen molar-refractivity contribution in [2.75, 3.05) is 18.1 Å². The molecule has 1 N–H and O–H groups in total. The molecule has 0 aliphatic carbocycles. The highest BCUT2D eigenvalue weighted by molar-refractivity contribution is 7.99. The summed E-state index contributed by atoms with van der Waals surface area (Å²) >= 11 is 2.00. The first-order valence-corrected chi connectivity index (χ1v) is 7.71. The van der Waals surface area contributed by atoms with Gasteiger partial charge < -0.3 is 5.32 Å². The van der Waals surface area contributed by atoms with Crippen LogP contribution in [-0.4, -0.2) is 33.9 Å². The van der Waals surface area contributed by atoms with Crippen molar-refractivity contribution in [1.29, 1.82) is 0 Å². The third-order valence-corrected chi connectivity index (χ3v) is 3.80. The monoisotopic (exact) mass is 255 g/mol. The molecule has 3 nitrogen and oxygen atoms in total. The van der Waals surface area contributed by atoms with Crippen molar-refractivity contribution < 1.29 is 0 Å². The van der Waals surface area contributed by atoms with Gasteiger partial charge in [0, 0.05) is 30.5 Å². The summed E-state index contributed by atoms with van der Waals surface area (Å²) in [5.41, 5.74) is 2.48. The highest BCUT2D eigenvalue weighted by atomic mass is 32.2. The van der Waals surface area contributed by atoms with E-state index in [2.05, 4.69) is 48.9 Å². The van der Waals surface area contributed by atoms with Crippen LogP contribution in [0.4, 0.5) is 0 Å². The van der Waals surface area contributed by atoms with Gasteiger partial charge in [0.25, 0.3) is 0 Å². The summed E-state index contributed by atoms with van der Waals surface area (Å²) in [6.45, 7) is 10.6. The van der Waals surface area contributed by atoms with E-state index in [1.54, 1.807) is 0 Å². The number of rotatable bonds is 8. The molecule has 4 heteroatoms. The van der Waals surface area contributed by atoms with Crippen LogP contribution in [0.5, 0.6) is 0 Å². The second-order valence-corrected chi connectivity index (χ2v) is 5.53. The van der Waals surface area contributed by atoms with Crippen molar-refractivity contribution in [2.45, 2.75) is 46.7 Å². The molecule has 0 radical (unpaired) electrons. The minimum Gasteiger partial charge on any atom is -0.313 e. The van der Waals surface area contributed by atoms with Crippen LogP contribution in [0.2, 0.25) is 0 Å². The molecule has 0 spiro atoms. The predicted molar refractivity (Wildman–Crippen MR) is 76.8 cm³/mol. The van der Waals surface area contributed by atoms with Crippen molar-refractivity contribution in [2.24, 2.45) is 0 Å². The molecule has 0 aromatic carbocycles. The molecule has 98 valence electrons. The Kier molecular flexibility index (Phi) is 6.66. The standard InChI is InChI=1S/C13H25N3S/c1-5-14-12(10-17-7-3)9-13-8-11(4)15-16(13)6-2/h8,12,14H,5-7,9-10H2,1-4H3. The van der Waals surface area contributed by atoms with Crippen LogP contribution in [0.3, 0.4) is 0 Å². The SMILES string of the molecule is CCNC(CSCC)Cc1cc(C)nn1CC. The highest BCUT2D eigenvalue weighted by Gasteiger charge is 2.12. The van der Waals surface area contributed by atoms with Gasteiger partial charge in [-0.15, -0.1) is 0 Å². The fourth-order valence-corrected chi connectivity index (χ4v) is 2.78. The first-order valence-electron chi connectivity index (χ1n) is 6.55. The first-order chi connectivity index (χ1) is 8.21. The van der Waals surface area contributed by atoms with Crippen LogP contribution >= 0.6 is 11.8 Å². The fraction of sp³-hybridized carbons (Fsp3) is 0.769. The molecule has 1 heterocycles. The van der Waals surface area contributed by atoms with Gasteiger partial charge in [-0.2, -0.15) is 16.9 Å². The molecule has 0 amide bonds. The van der Waals surface area contributed by atoms with Crippen LogP contribution in [0.25, 0.3) is 0 Å². The lowest BCUT2D eigenvalue weighted by Crippen LogP contribution is -2.34. The van der Waals surface area contributed by atoms with Gasteiger partial charge in [0.1, 0.15) is 0 Å². The second-order valence-electron chi connectivity index (χ2n) is 4.21. The average molecular weight is 255 g/mol. The lowest BCUT2D eigenvalue weighted by molar-refractivity contribution is 0.533. The Morgan fingerprint density at radius 1 is 1.41 bits per heavy atom. The largest absolute Gasteiger partial charge is 0.313 e. The Bertz CT molecular complexity index is 322. The second kappa shape index (κ2) is 7.77. The smallest absolute Gasteiger partial charge is 0.0596 e. The number of nitrogens with zero attached hydrogens (tertiary/aromatic N) is 2. The van der Waals surface area contributed by atoms with E-state index in [0.717, 1.165) is 25.2 Å². The minimum absolute atomic E-state index is 0.561. The molecule has 0 fully saturated rings. The summed E-state index contributed by atoms with van der Waals surface area (Å²) in [7, 11) is 0. The number of aryl methyl sites for hydroxylation is 2. The zero-order valence-electron chi connectivity index (χ0n) is 11.5. The van der Waals surface area contributed by atoms with E-state index in [0.29, 0.717) is 6.04 Å². The molecule has 1 aromatic rings. The van der Waals surface area contributed by atoms with Gasteiger partial charge in [-0.1, -0.05) is 13.8 Å². The minimum atomic E-state index is 0.561. The lowest BCUT2D eigenvalue weighted by Gasteiger charge is -2.17. The zero-order valence-corrected chi connectivity index (χ0v) is 12.3. The number of likely N-dealkylation sites (N-methyl/N-ethyl adjacent to an activating group) is 1. The Morgan fingerprint density at radius 3 is 2.76 bits per heavy atom. The summed E-state index contributed by atoms with van der Waals surface area (Å²) < 4.78 is 2.12. The van der Waals surface area contributed by atoms with Gasteiger partial charge in [0.05, 0.1) is 5.69 Å². The topological polar surface area (TPSA) is 29.9 Å². The number of hydrogen-bond acceptors (Lipinski definition) is 3. The quantitative estimate of drug-likeness (QED) is 0.774. The van der Waals surface area contributed by atoms with Crippen LogP contribution in [0.1, 0.15) is 32.2 Å². The van der Waals surface area contributed by atoms with Gasteiger partial charge in [-0.05, 0) is 32.2 Å². The molecule has 17 heavy (non-hydrogen) atoms. The Balaban J connectivity index is 2.63. The summed E-state index contributed by atoms with van der Waals surface area (Å²) in [5.74, 6) is 2.37. The van der Waals surface area contributed by atoms with E-state index in [1.807, 2.05) is 11.8 Å². The molecule has 1 atom stereocenters. The van der Waals surface area contributed by atoms with Crippen molar-refractivity contribution in [3.8, 4) is 0 Å². The van der Waals surface area contributed by atoms with Crippen LogP contribution in [-0.2, 0) is 13.0 Å². The van der Waals surface area contributed by atoms with E-state index in [4.69, 9.17) is 0 Å². The lowest BCUT2D eigenvalue weighted by atomic mass is 10.1. The molecule has 1 rings (SSSR count). The van der Waals surface area contributed by atoms with Crippen LogP contribution < -0.4 is 5.32 Å². The van der Waals surface area contributed by atoms with Crippen molar-refractivity contribution in [3.63, 3.8) is 0 Å². The molecule has 1 unspecified atom stereocenters. The molecule has 1 aromatic heterocycles. The van der Waals surface area contributed by atoms with E-state index in [-0.39, 0.29) is 0 Å². The third-order valence-electron chi connectivity index (χ3n) is 2.76. The first kappa shape index (κ1) is 14.6. The van der Waals surface area contributed by atoms with Gasteiger partial charge in [-0.3, -0.25) is 4.68 Å². The molecule has 0 saturated carbocycles. The zero-order chi connectivity index (χ0) is 12.7. The fourth-order valence-electron chi connectivity index (χ4n) is 2.03. The summed E-state index contributed by atoms with van der Waals surface area (Å²) in [6, 6.07) is 2.77. The summed E-state index contributed by atoms with van der Waals surface area (Å²) in [5, 5.41) is 8.07. The summed E-state index contributed by atoms with van der Waals surface area (Å²) in [4.78, 5) is 0. The maximum atomic E-state index is 4.50. The van der Waals surface area contributed by atoms with Gasteiger partial charge in [0.15, 0.2) is 0 Å². The Morgan fingerprint density at radius 2 is 2.18 bits per heavy atom. The van der Waals surface area contributed by atoms with Gasteiger partial charge >= 0.3 is 0 Å². The highest BCUT2D eigenvalue weighted by Crippen LogP contribution is 2.10. The normalized spacial score (nSPS) is 12.9. The number of thioether (sulfide) groups is 1. The van der Waals surface area contributed by atoms with Crippen molar-refractivity contribution in [1.82, 2.24) is 15.1 Å². The molecule has 0 aliphatic rings. The van der Waals surface area contributed by atoms with E-state index in [1.165, 1.54) is 17.2 Å².